The van der Waals surface area contributed by atoms with Crippen molar-refractivity contribution in [2.24, 2.45) is 5.10 Å². The van der Waals surface area contributed by atoms with E-state index in [4.69, 9.17) is 11.6 Å². The molecule has 28 heavy (non-hydrogen) atoms. The summed E-state index contributed by atoms with van der Waals surface area (Å²) >= 11 is 6.17. The minimum absolute atomic E-state index is 0.309. The number of anilines is 1. The number of hydrazone groups is 1. The zero-order valence-electron chi connectivity index (χ0n) is 15.8. The number of aromatic amines is 1. The highest BCUT2D eigenvalue weighted by molar-refractivity contribution is 6.33. The van der Waals surface area contributed by atoms with Crippen LogP contribution in [0, 0.1) is 0 Å². The van der Waals surface area contributed by atoms with E-state index in [0.717, 1.165) is 29.9 Å². The molecule has 0 fully saturated rings. The van der Waals surface area contributed by atoms with Gasteiger partial charge in [0.15, 0.2) is 0 Å². The van der Waals surface area contributed by atoms with E-state index in [-0.39, 0.29) is 5.91 Å². The number of carbonyl (C=O) groups is 1. The Morgan fingerprint density at radius 1 is 1.18 bits per heavy atom. The van der Waals surface area contributed by atoms with Crippen LogP contribution in [0.5, 0.6) is 0 Å². The molecule has 0 saturated heterocycles. The molecule has 3 aromatic rings. The van der Waals surface area contributed by atoms with Crippen molar-refractivity contribution in [3.63, 3.8) is 0 Å². The van der Waals surface area contributed by atoms with Crippen molar-refractivity contribution < 1.29 is 4.79 Å². The molecule has 0 aliphatic carbocycles. The number of rotatable bonds is 7. The second-order valence-electron chi connectivity index (χ2n) is 6.11. The maximum atomic E-state index is 12.2. The Morgan fingerprint density at radius 2 is 1.89 bits per heavy atom. The van der Waals surface area contributed by atoms with Crippen LogP contribution >= 0.6 is 11.6 Å². The molecule has 2 aromatic carbocycles. The van der Waals surface area contributed by atoms with Gasteiger partial charge in [-0.25, -0.2) is 5.43 Å². The number of halogens is 1. The molecule has 144 valence electrons. The molecule has 0 spiro atoms. The van der Waals surface area contributed by atoms with Crippen molar-refractivity contribution in [1.82, 2.24) is 15.6 Å². The van der Waals surface area contributed by atoms with Crippen LogP contribution in [0.25, 0.3) is 11.3 Å². The van der Waals surface area contributed by atoms with E-state index in [1.165, 1.54) is 0 Å². The first kappa shape index (κ1) is 19.6. The summed E-state index contributed by atoms with van der Waals surface area (Å²) < 4.78 is 0. The number of hydrogen-bond donors (Lipinski definition) is 2. The standard InChI is InChI=1S/C21H22ClN5O/c1-3-27(4-2)16-11-9-15(10-12-16)14-23-26-21(28)20-13-19(24-25-20)17-7-5-6-8-18(17)22/h5-14H,3-4H2,1-2H3,(H,24,25)(H,26,28)/b23-14-. The van der Waals surface area contributed by atoms with Gasteiger partial charge >= 0.3 is 0 Å². The highest BCUT2D eigenvalue weighted by atomic mass is 35.5. The number of benzene rings is 2. The Kier molecular flexibility index (Phi) is 6.45. The van der Waals surface area contributed by atoms with Crippen molar-refractivity contribution >= 4 is 29.4 Å². The molecule has 0 bridgehead atoms. The third-order valence-corrected chi connectivity index (χ3v) is 4.70. The quantitative estimate of drug-likeness (QED) is 0.461. The molecule has 3 rings (SSSR count). The molecule has 6 nitrogen and oxygen atoms in total. The van der Waals surface area contributed by atoms with Gasteiger partial charge in [-0.2, -0.15) is 10.2 Å². The van der Waals surface area contributed by atoms with E-state index in [1.54, 1.807) is 18.3 Å². The lowest BCUT2D eigenvalue weighted by Gasteiger charge is -2.20. The summed E-state index contributed by atoms with van der Waals surface area (Å²) in [6, 6.07) is 17.0. The van der Waals surface area contributed by atoms with Gasteiger partial charge < -0.3 is 4.90 Å². The van der Waals surface area contributed by atoms with Crippen LogP contribution in [0.4, 0.5) is 5.69 Å². The van der Waals surface area contributed by atoms with Gasteiger partial charge in [-0.3, -0.25) is 9.89 Å². The van der Waals surface area contributed by atoms with E-state index in [2.05, 4.69) is 39.5 Å². The predicted octanol–water partition coefficient (Wildman–Crippen LogP) is 4.34. The van der Waals surface area contributed by atoms with E-state index in [1.807, 2.05) is 42.5 Å². The van der Waals surface area contributed by atoms with Gasteiger partial charge in [-0.15, -0.1) is 0 Å². The van der Waals surface area contributed by atoms with Crippen LogP contribution in [0.15, 0.2) is 59.7 Å². The van der Waals surface area contributed by atoms with Crippen molar-refractivity contribution in [2.45, 2.75) is 13.8 Å². The first-order valence-corrected chi connectivity index (χ1v) is 9.49. The summed E-state index contributed by atoms with van der Waals surface area (Å²) in [6.07, 6.45) is 1.61. The number of hydrogen-bond acceptors (Lipinski definition) is 4. The fraction of sp³-hybridized carbons (Fsp3) is 0.190. The number of amides is 1. The first-order chi connectivity index (χ1) is 13.6. The SMILES string of the molecule is CCN(CC)c1ccc(/C=N\NC(=O)c2cc(-c3ccccc3Cl)n[nH]2)cc1. The number of carbonyl (C=O) groups excluding carboxylic acids is 1. The Morgan fingerprint density at radius 3 is 2.57 bits per heavy atom. The normalized spacial score (nSPS) is 11.0. The second kappa shape index (κ2) is 9.19. The predicted molar refractivity (Wildman–Crippen MR) is 114 cm³/mol. The summed E-state index contributed by atoms with van der Waals surface area (Å²) in [6.45, 7) is 6.17. The molecule has 0 saturated carbocycles. The molecular weight excluding hydrogens is 374 g/mol. The Balaban J connectivity index is 1.62. The average Bonchev–Trinajstić information content (AvgIpc) is 3.20. The van der Waals surface area contributed by atoms with Gasteiger partial charge in [0, 0.05) is 24.3 Å². The highest BCUT2D eigenvalue weighted by Gasteiger charge is 2.12. The lowest BCUT2D eigenvalue weighted by molar-refractivity contribution is 0.0950. The fourth-order valence-electron chi connectivity index (χ4n) is 2.83. The molecule has 7 heteroatoms. The Bertz CT molecular complexity index is 961. The molecule has 0 radical (unpaired) electrons. The van der Waals surface area contributed by atoms with Crippen LogP contribution in [-0.2, 0) is 0 Å². The monoisotopic (exact) mass is 395 g/mol. The Hall–Kier alpha value is -3.12. The van der Waals surface area contributed by atoms with Gasteiger partial charge in [0.25, 0.3) is 5.91 Å². The molecule has 0 unspecified atom stereocenters. The van der Waals surface area contributed by atoms with E-state index in [9.17, 15) is 4.79 Å². The van der Waals surface area contributed by atoms with Gasteiger partial charge in [0.05, 0.1) is 16.9 Å². The minimum Gasteiger partial charge on any atom is -0.372 e. The second-order valence-corrected chi connectivity index (χ2v) is 6.52. The largest absolute Gasteiger partial charge is 0.372 e. The fourth-order valence-corrected chi connectivity index (χ4v) is 3.06. The molecule has 0 aliphatic rings. The summed E-state index contributed by atoms with van der Waals surface area (Å²) in [5, 5.41) is 11.5. The van der Waals surface area contributed by atoms with Crippen molar-refractivity contribution in [1.29, 1.82) is 0 Å². The van der Waals surface area contributed by atoms with Gasteiger partial charge in [-0.1, -0.05) is 41.9 Å². The first-order valence-electron chi connectivity index (χ1n) is 9.11. The topological polar surface area (TPSA) is 73.4 Å². The number of nitrogens with one attached hydrogen (secondary N) is 2. The van der Waals surface area contributed by atoms with Crippen LogP contribution < -0.4 is 10.3 Å². The zero-order chi connectivity index (χ0) is 19.9. The summed E-state index contributed by atoms with van der Waals surface area (Å²) in [4.78, 5) is 14.5. The molecule has 1 amide bonds. The van der Waals surface area contributed by atoms with Crippen LogP contribution in [-0.4, -0.2) is 35.4 Å². The summed E-state index contributed by atoms with van der Waals surface area (Å²) in [7, 11) is 0. The van der Waals surface area contributed by atoms with Crippen molar-refractivity contribution in [3.8, 4) is 11.3 Å². The maximum Gasteiger partial charge on any atom is 0.289 e. The minimum atomic E-state index is -0.373. The zero-order valence-corrected chi connectivity index (χ0v) is 16.6. The lowest BCUT2D eigenvalue weighted by atomic mass is 10.1. The average molecular weight is 396 g/mol. The third-order valence-electron chi connectivity index (χ3n) is 4.37. The van der Waals surface area contributed by atoms with E-state index >= 15 is 0 Å². The molecule has 1 heterocycles. The molecule has 0 atom stereocenters. The summed E-state index contributed by atoms with van der Waals surface area (Å²) in [5.41, 5.74) is 6.24. The lowest BCUT2D eigenvalue weighted by Crippen LogP contribution is -2.21. The molecule has 1 aromatic heterocycles. The van der Waals surface area contributed by atoms with Gasteiger partial charge in [0.2, 0.25) is 0 Å². The maximum absolute atomic E-state index is 12.2. The number of nitrogens with zero attached hydrogens (tertiary/aromatic N) is 3. The Labute approximate surface area is 169 Å². The highest BCUT2D eigenvalue weighted by Crippen LogP contribution is 2.26. The smallest absolute Gasteiger partial charge is 0.289 e. The number of aromatic nitrogens is 2. The van der Waals surface area contributed by atoms with Gasteiger partial charge in [-0.05, 0) is 43.7 Å². The molecule has 0 aliphatic heterocycles. The third kappa shape index (κ3) is 4.58. The van der Waals surface area contributed by atoms with Gasteiger partial charge in [0.1, 0.15) is 5.69 Å². The van der Waals surface area contributed by atoms with Crippen molar-refractivity contribution in [3.05, 3.63) is 70.9 Å². The van der Waals surface area contributed by atoms with Crippen LogP contribution in [0.2, 0.25) is 5.02 Å². The summed E-state index contributed by atoms with van der Waals surface area (Å²) in [5.74, 6) is -0.373. The molecular formula is C21H22ClN5O. The number of H-pyrrole nitrogens is 1. The van der Waals surface area contributed by atoms with Crippen LogP contribution in [0.1, 0.15) is 29.9 Å². The molecule has 2 N–H and O–H groups in total. The van der Waals surface area contributed by atoms with Crippen LogP contribution in [0.3, 0.4) is 0 Å². The van der Waals surface area contributed by atoms with E-state index < -0.39 is 0 Å². The van der Waals surface area contributed by atoms with E-state index in [0.29, 0.717) is 16.4 Å². The van der Waals surface area contributed by atoms with Crippen molar-refractivity contribution in [2.75, 3.05) is 18.0 Å².